The molecule has 61 heavy (non-hydrogen) atoms. The van der Waals surface area contributed by atoms with E-state index >= 15 is 0 Å². The molecule has 2 nitrogen and oxygen atoms in total. The highest BCUT2D eigenvalue weighted by Crippen LogP contribution is 2.32. The number of unbranched alkanes of at least 4 members (excludes halogenated alkanes) is 45. The van der Waals surface area contributed by atoms with E-state index in [9.17, 15) is 4.79 Å². The van der Waals surface area contributed by atoms with Crippen molar-refractivity contribution in [1.82, 2.24) is 0 Å². The van der Waals surface area contributed by atoms with Gasteiger partial charge in [0.2, 0.25) is 0 Å². The van der Waals surface area contributed by atoms with Crippen molar-refractivity contribution in [3.8, 4) is 0 Å². The molecular weight excluding hydrogens is 757 g/mol. The molecule has 0 aromatic heterocycles. The Labute approximate surface area is 388 Å². The topological polar surface area (TPSA) is 26.3 Å². The molecule has 0 aromatic rings. The number of hydrogen-bond acceptors (Lipinski definition) is 2. The fourth-order valence-corrected chi connectivity index (χ4v) is 14.1. The second-order valence-electron chi connectivity index (χ2n) is 20.5. The summed E-state index contributed by atoms with van der Waals surface area (Å²) in [5.74, 6) is -0.0869. The summed E-state index contributed by atoms with van der Waals surface area (Å²) in [4.78, 5) is 13.2. The molecule has 3 heteroatoms. The maximum absolute atomic E-state index is 13.2. The minimum atomic E-state index is -2.15. The van der Waals surface area contributed by atoms with Gasteiger partial charge in [0, 0.05) is 5.57 Å². The van der Waals surface area contributed by atoms with E-state index in [1.165, 1.54) is 326 Å². The van der Waals surface area contributed by atoms with Gasteiger partial charge in [-0.3, -0.25) is 0 Å². The molecule has 0 aromatic carbocycles. The van der Waals surface area contributed by atoms with Crippen molar-refractivity contribution in [2.45, 2.75) is 354 Å². The summed E-state index contributed by atoms with van der Waals surface area (Å²) in [5.41, 5.74) is 0.600. The predicted molar refractivity (Wildman–Crippen MR) is 280 cm³/mol. The lowest BCUT2D eigenvalue weighted by molar-refractivity contribution is -0.131. The molecule has 0 amide bonds. The molecular formula is C58H116O2Si. The van der Waals surface area contributed by atoms with Crippen molar-refractivity contribution in [3.63, 3.8) is 0 Å². The van der Waals surface area contributed by atoms with Crippen LogP contribution in [0.5, 0.6) is 0 Å². The largest absolute Gasteiger partial charge is 0.516 e. The second kappa shape index (κ2) is 50.4. The van der Waals surface area contributed by atoms with Crippen molar-refractivity contribution < 1.29 is 9.22 Å². The maximum atomic E-state index is 13.2. The average Bonchev–Trinajstić information content (AvgIpc) is 3.25. The second-order valence-corrected chi connectivity index (χ2v) is 24.6. The zero-order chi connectivity index (χ0) is 44.4. The van der Waals surface area contributed by atoms with Gasteiger partial charge in [-0.2, -0.15) is 0 Å². The Hall–Kier alpha value is -0.573. The number of hydrogen-bond donors (Lipinski definition) is 0. The first-order valence-electron chi connectivity index (χ1n) is 28.9. The summed E-state index contributed by atoms with van der Waals surface area (Å²) >= 11 is 0. The lowest BCUT2D eigenvalue weighted by atomic mass is 10.0. The minimum Gasteiger partial charge on any atom is -0.516 e. The Bertz CT molecular complexity index is 780. The third-order valence-corrected chi connectivity index (χ3v) is 18.5. The zero-order valence-electron chi connectivity index (χ0n) is 43.1. The third kappa shape index (κ3) is 45.8. The van der Waals surface area contributed by atoms with Crippen molar-refractivity contribution in [3.05, 3.63) is 12.2 Å². The van der Waals surface area contributed by atoms with Crippen LogP contribution in [-0.2, 0) is 9.22 Å². The molecule has 364 valence electrons. The van der Waals surface area contributed by atoms with Crippen LogP contribution < -0.4 is 0 Å². The molecule has 0 heterocycles. The molecule has 0 fully saturated rings. The number of carbonyl (C=O) groups excluding carboxylic acids is 1. The van der Waals surface area contributed by atoms with Gasteiger partial charge in [-0.15, -0.1) is 0 Å². The summed E-state index contributed by atoms with van der Waals surface area (Å²) in [6.45, 7) is 12.8. The predicted octanol–water partition coefficient (Wildman–Crippen LogP) is 21.8. The lowest BCUT2D eigenvalue weighted by Crippen LogP contribution is -2.40. The molecule has 0 unspecified atom stereocenters. The Morgan fingerprint density at radius 2 is 0.443 bits per heavy atom. The van der Waals surface area contributed by atoms with E-state index in [-0.39, 0.29) is 5.97 Å². The molecule has 0 N–H and O–H groups in total. The smallest absolute Gasteiger partial charge is 0.319 e. The summed E-state index contributed by atoms with van der Waals surface area (Å²) in [6, 6.07) is 3.55. The van der Waals surface area contributed by atoms with E-state index in [4.69, 9.17) is 4.43 Å². The van der Waals surface area contributed by atoms with Gasteiger partial charge in [0.15, 0.2) is 0 Å². The first kappa shape index (κ1) is 60.4. The highest BCUT2D eigenvalue weighted by atomic mass is 28.4. The van der Waals surface area contributed by atoms with Crippen LogP contribution in [-0.4, -0.2) is 14.3 Å². The normalized spacial score (nSPS) is 11.8. The number of rotatable bonds is 53. The van der Waals surface area contributed by atoms with Crippen LogP contribution in [0.25, 0.3) is 0 Å². The quantitative estimate of drug-likeness (QED) is 0.0346. The van der Waals surface area contributed by atoms with Gasteiger partial charge < -0.3 is 4.43 Å². The van der Waals surface area contributed by atoms with Gasteiger partial charge in [-0.1, -0.05) is 336 Å². The fourth-order valence-electron chi connectivity index (χ4n) is 9.80. The van der Waals surface area contributed by atoms with Crippen LogP contribution in [0.3, 0.4) is 0 Å². The van der Waals surface area contributed by atoms with Crippen molar-refractivity contribution in [1.29, 1.82) is 0 Å². The molecule has 0 radical (unpaired) electrons. The molecule has 0 aliphatic carbocycles. The third-order valence-electron chi connectivity index (χ3n) is 14.1. The molecule has 0 atom stereocenters. The summed E-state index contributed by atoms with van der Waals surface area (Å²) < 4.78 is 6.67. The average molecular weight is 874 g/mol. The SMILES string of the molecule is C=C(C)C(=O)O[Si](CCCCCCCCCCCCCCCCCC)(CCCCCCCCCCCCCCCCCC)CCCCCCCCCCCCCCCCCC. The minimum absolute atomic E-state index is 0.0869. The van der Waals surface area contributed by atoms with Crippen LogP contribution in [0.2, 0.25) is 18.1 Å². The Morgan fingerprint density at radius 1 is 0.295 bits per heavy atom. The van der Waals surface area contributed by atoms with Gasteiger partial charge in [-0.25, -0.2) is 4.79 Å². The molecule has 0 aliphatic heterocycles. The maximum Gasteiger partial charge on any atom is 0.319 e. The molecule has 0 bridgehead atoms. The van der Waals surface area contributed by atoms with E-state index in [0.717, 1.165) is 0 Å². The van der Waals surface area contributed by atoms with Crippen molar-refractivity contribution in [2.24, 2.45) is 0 Å². The number of carbonyl (C=O) groups is 1. The zero-order valence-corrected chi connectivity index (χ0v) is 44.1. The Balaban J connectivity index is 4.62. The summed E-state index contributed by atoms with van der Waals surface area (Å²) in [7, 11) is -2.15. The summed E-state index contributed by atoms with van der Waals surface area (Å²) in [6.07, 6.45) is 67.4. The van der Waals surface area contributed by atoms with E-state index in [1.807, 2.05) is 6.92 Å². The Kier molecular flexibility index (Phi) is 50.0. The van der Waals surface area contributed by atoms with Crippen LogP contribution in [0.4, 0.5) is 0 Å². The van der Waals surface area contributed by atoms with Gasteiger partial charge in [0.1, 0.15) is 0 Å². The van der Waals surface area contributed by atoms with E-state index in [2.05, 4.69) is 27.4 Å². The first-order chi connectivity index (χ1) is 30.0. The molecule has 0 rings (SSSR count). The van der Waals surface area contributed by atoms with E-state index < -0.39 is 8.32 Å². The molecule has 0 spiro atoms. The monoisotopic (exact) mass is 873 g/mol. The van der Waals surface area contributed by atoms with Crippen molar-refractivity contribution in [2.75, 3.05) is 0 Å². The van der Waals surface area contributed by atoms with E-state index in [1.54, 1.807) is 0 Å². The van der Waals surface area contributed by atoms with Gasteiger partial charge in [0.25, 0.3) is 8.32 Å². The van der Waals surface area contributed by atoms with Gasteiger partial charge in [0.05, 0.1) is 0 Å². The molecule has 0 saturated heterocycles. The molecule has 0 saturated carbocycles. The van der Waals surface area contributed by atoms with Crippen molar-refractivity contribution >= 4 is 14.3 Å². The first-order valence-corrected chi connectivity index (χ1v) is 31.4. The highest BCUT2D eigenvalue weighted by Gasteiger charge is 2.37. The van der Waals surface area contributed by atoms with Crippen LogP contribution >= 0.6 is 0 Å². The van der Waals surface area contributed by atoms with E-state index in [0.29, 0.717) is 5.57 Å². The van der Waals surface area contributed by atoms with Gasteiger partial charge >= 0.3 is 5.97 Å². The fraction of sp³-hybridized carbons (Fsp3) is 0.948. The highest BCUT2D eigenvalue weighted by molar-refractivity contribution is 6.75. The molecule has 0 aliphatic rings. The Morgan fingerprint density at radius 3 is 0.590 bits per heavy atom. The van der Waals surface area contributed by atoms with Crippen LogP contribution in [0.15, 0.2) is 12.2 Å². The lowest BCUT2D eigenvalue weighted by Gasteiger charge is -2.32. The van der Waals surface area contributed by atoms with Gasteiger partial charge in [-0.05, 0) is 25.1 Å². The van der Waals surface area contributed by atoms with Crippen LogP contribution in [0, 0.1) is 0 Å². The summed E-state index contributed by atoms with van der Waals surface area (Å²) in [5, 5.41) is 0. The standard InChI is InChI=1S/C58H116O2Si/c1-6-9-12-15-18-21-24-27-30-33-36-39-42-45-48-51-54-61(60-58(59)57(4)5,55-52-49-46-43-40-37-34-31-28-25-22-19-16-13-10-7-2)56-53-50-47-44-41-38-35-32-29-26-23-20-17-14-11-8-3/h4,6-56H2,1-3,5H3. The van der Waals surface area contributed by atoms with Crippen LogP contribution in [0.1, 0.15) is 336 Å².